The van der Waals surface area contributed by atoms with Crippen LogP contribution in [0.5, 0.6) is 0 Å². The van der Waals surface area contributed by atoms with Crippen LogP contribution in [-0.4, -0.2) is 35.9 Å². The highest BCUT2D eigenvalue weighted by molar-refractivity contribution is 4.93. The van der Waals surface area contributed by atoms with Crippen molar-refractivity contribution in [3.63, 3.8) is 0 Å². The van der Waals surface area contributed by atoms with Crippen molar-refractivity contribution in [2.45, 2.75) is 180 Å². The highest BCUT2D eigenvalue weighted by atomic mass is 16.5. The highest BCUT2D eigenvalue weighted by Crippen LogP contribution is 2.11. The molecule has 264 valence electrons. The van der Waals surface area contributed by atoms with Gasteiger partial charge in [0.05, 0.1) is 12.7 Å². The zero-order valence-corrected chi connectivity index (χ0v) is 30.4. The Morgan fingerprint density at radius 1 is 0.565 bits per heavy atom. The molecule has 0 radical (unpaired) electrons. The number of aromatic nitrogens is 2. The third kappa shape index (κ3) is 30.7. The molecule has 0 spiro atoms. The number of nitrogens with one attached hydrogen (secondary N) is 1. The Morgan fingerprint density at radius 3 is 1.50 bits per heavy atom. The van der Waals surface area contributed by atoms with Gasteiger partial charge in [0.25, 0.3) is 0 Å². The summed E-state index contributed by atoms with van der Waals surface area (Å²) < 4.78 is 12.3. The van der Waals surface area contributed by atoms with Gasteiger partial charge in [0.2, 0.25) is 0 Å². The molecule has 0 aliphatic rings. The molecule has 1 unspecified atom stereocenters. The minimum atomic E-state index is 0.0775. The molecule has 0 aliphatic heterocycles. The summed E-state index contributed by atoms with van der Waals surface area (Å²) in [5, 5.41) is 0. The van der Waals surface area contributed by atoms with E-state index >= 15 is 0 Å². The van der Waals surface area contributed by atoms with E-state index in [2.05, 4.69) is 72.4 Å². The lowest BCUT2D eigenvalue weighted by Crippen LogP contribution is -2.24. The molecule has 46 heavy (non-hydrogen) atoms. The quantitative estimate of drug-likeness (QED) is 0.0594. The number of imidazole rings is 1. The molecule has 0 fully saturated rings. The van der Waals surface area contributed by atoms with Crippen molar-refractivity contribution < 1.29 is 9.47 Å². The molecule has 0 aromatic carbocycles. The molecule has 0 bridgehead atoms. The van der Waals surface area contributed by atoms with E-state index in [4.69, 9.17) is 9.47 Å². The average molecular weight is 639 g/mol. The number of H-pyrrole nitrogens is 1. The van der Waals surface area contributed by atoms with Crippen LogP contribution in [0, 0.1) is 0 Å². The maximum Gasteiger partial charge on any atom is 0.108 e. The summed E-state index contributed by atoms with van der Waals surface area (Å²) in [6.07, 6.45) is 53.7. The van der Waals surface area contributed by atoms with Gasteiger partial charge in [-0.3, -0.25) is 0 Å². The van der Waals surface area contributed by atoms with E-state index in [9.17, 15) is 0 Å². The van der Waals surface area contributed by atoms with Crippen molar-refractivity contribution in [2.24, 2.45) is 0 Å². The number of aromatic amines is 1. The number of nitrogens with zero attached hydrogens (tertiary/aromatic N) is 1. The zero-order chi connectivity index (χ0) is 32.9. The van der Waals surface area contributed by atoms with Crippen LogP contribution in [0.2, 0.25) is 0 Å². The van der Waals surface area contributed by atoms with Gasteiger partial charge in [-0.05, 0) is 77.0 Å². The Hall–Kier alpha value is -1.91. The minimum absolute atomic E-state index is 0.0775. The Bertz CT molecular complexity index is 827. The smallest absolute Gasteiger partial charge is 0.108 e. The maximum absolute atomic E-state index is 6.26. The third-order valence-corrected chi connectivity index (χ3v) is 8.47. The number of allylic oxidation sites excluding steroid dienone is 8. The largest absolute Gasteiger partial charge is 0.379 e. The summed E-state index contributed by atoms with van der Waals surface area (Å²) in [7, 11) is 0. The number of ether oxygens (including phenoxy) is 2. The van der Waals surface area contributed by atoms with Gasteiger partial charge in [-0.1, -0.05) is 140 Å². The van der Waals surface area contributed by atoms with Crippen molar-refractivity contribution in [1.82, 2.24) is 9.97 Å². The van der Waals surface area contributed by atoms with E-state index in [0.29, 0.717) is 6.61 Å². The average Bonchev–Trinajstić information content (AvgIpc) is 3.58. The fourth-order valence-corrected chi connectivity index (χ4v) is 5.54. The summed E-state index contributed by atoms with van der Waals surface area (Å²) >= 11 is 0. The molecule has 0 saturated carbocycles. The molecule has 4 heteroatoms. The number of hydrogen-bond acceptors (Lipinski definition) is 3. The maximum atomic E-state index is 6.26. The number of rotatable bonds is 35. The first kappa shape index (κ1) is 42.1. The van der Waals surface area contributed by atoms with Crippen LogP contribution >= 0.6 is 0 Å². The molecular weight excluding hydrogens is 564 g/mol. The summed E-state index contributed by atoms with van der Waals surface area (Å²) in [6, 6.07) is 0. The van der Waals surface area contributed by atoms with Crippen LogP contribution in [0.4, 0.5) is 0 Å². The Kier molecular flexibility index (Phi) is 32.9. The van der Waals surface area contributed by atoms with Gasteiger partial charge in [0.1, 0.15) is 5.82 Å². The second kappa shape index (κ2) is 35.9. The first-order chi connectivity index (χ1) is 22.9. The van der Waals surface area contributed by atoms with Gasteiger partial charge in [0.15, 0.2) is 0 Å². The van der Waals surface area contributed by atoms with Crippen LogP contribution in [0.25, 0.3) is 0 Å². The van der Waals surface area contributed by atoms with Crippen LogP contribution in [-0.2, 0) is 15.9 Å². The van der Waals surface area contributed by atoms with Crippen molar-refractivity contribution in [3.8, 4) is 0 Å². The zero-order valence-electron chi connectivity index (χ0n) is 30.4. The van der Waals surface area contributed by atoms with E-state index in [-0.39, 0.29) is 6.10 Å². The minimum Gasteiger partial charge on any atom is -0.379 e. The number of hydrogen-bond donors (Lipinski definition) is 1. The molecular formula is C42H74N2O2. The predicted molar refractivity (Wildman–Crippen MR) is 202 cm³/mol. The molecule has 1 heterocycles. The Balaban J connectivity index is 1.98. The van der Waals surface area contributed by atoms with Gasteiger partial charge in [0, 0.05) is 32.0 Å². The SMILES string of the molecule is CCCCCC=CCC=CCCCCCCCCOCC(Cc1ncc[nH]1)OCCCCCCCCC=CCC=CCCCCC. The molecule has 0 saturated heterocycles. The van der Waals surface area contributed by atoms with Crippen molar-refractivity contribution in [2.75, 3.05) is 19.8 Å². The molecule has 1 aromatic heterocycles. The fraction of sp³-hybridized carbons (Fsp3) is 0.738. The van der Waals surface area contributed by atoms with Crippen molar-refractivity contribution >= 4 is 0 Å². The Morgan fingerprint density at radius 2 is 1.02 bits per heavy atom. The normalized spacial score (nSPS) is 13.0. The van der Waals surface area contributed by atoms with E-state index in [0.717, 1.165) is 51.1 Å². The van der Waals surface area contributed by atoms with E-state index in [1.54, 1.807) is 0 Å². The van der Waals surface area contributed by atoms with Crippen LogP contribution in [0.1, 0.15) is 174 Å². The van der Waals surface area contributed by atoms with E-state index < -0.39 is 0 Å². The van der Waals surface area contributed by atoms with E-state index in [1.165, 1.54) is 128 Å². The standard InChI is InChI=1S/C42H74N2O2/c1-3-5-7-9-11-13-15-17-19-21-23-25-27-29-31-33-37-45-40-41(39-42-43-35-36-44-42)46-38-34-32-30-28-26-24-22-20-18-16-14-12-10-8-6-4-2/h11-14,17-20,35-36,41H,3-10,15-16,21-34,37-40H2,1-2H3,(H,43,44). The summed E-state index contributed by atoms with van der Waals surface area (Å²) in [5.41, 5.74) is 0. The molecule has 0 amide bonds. The monoisotopic (exact) mass is 639 g/mol. The predicted octanol–water partition coefficient (Wildman–Crippen LogP) is 13.0. The molecule has 1 N–H and O–H groups in total. The van der Waals surface area contributed by atoms with Crippen LogP contribution in [0.15, 0.2) is 61.0 Å². The second-order valence-electron chi connectivity index (χ2n) is 13.0. The van der Waals surface area contributed by atoms with Gasteiger partial charge >= 0.3 is 0 Å². The lowest BCUT2D eigenvalue weighted by molar-refractivity contribution is -0.0188. The van der Waals surface area contributed by atoms with Gasteiger partial charge in [-0.2, -0.15) is 0 Å². The van der Waals surface area contributed by atoms with E-state index in [1.807, 2.05) is 12.4 Å². The first-order valence-electron chi connectivity index (χ1n) is 19.6. The van der Waals surface area contributed by atoms with Gasteiger partial charge in [-0.25, -0.2) is 4.98 Å². The van der Waals surface area contributed by atoms with Crippen molar-refractivity contribution in [3.05, 3.63) is 66.8 Å². The van der Waals surface area contributed by atoms with Crippen molar-refractivity contribution in [1.29, 1.82) is 0 Å². The number of unbranched alkanes of at least 4 members (excludes halogenated alkanes) is 18. The topological polar surface area (TPSA) is 47.1 Å². The fourth-order valence-electron chi connectivity index (χ4n) is 5.54. The lowest BCUT2D eigenvalue weighted by atomic mass is 10.1. The summed E-state index contributed by atoms with van der Waals surface area (Å²) in [5.74, 6) is 0.986. The van der Waals surface area contributed by atoms with Gasteiger partial charge < -0.3 is 14.5 Å². The lowest BCUT2D eigenvalue weighted by Gasteiger charge is -2.17. The summed E-state index contributed by atoms with van der Waals surface area (Å²) in [6.45, 7) is 6.83. The summed E-state index contributed by atoms with van der Waals surface area (Å²) in [4.78, 5) is 7.63. The van der Waals surface area contributed by atoms with Gasteiger partial charge in [-0.15, -0.1) is 0 Å². The molecule has 1 atom stereocenters. The first-order valence-corrected chi connectivity index (χ1v) is 19.6. The third-order valence-electron chi connectivity index (χ3n) is 8.47. The molecule has 1 aromatic rings. The highest BCUT2D eigenvalue weighted by Gasteiger charge is 2.12. The molecule has 4 nitrogen and oxygen atoms in total. The second-order valence-corrected chi connectivity index (χ2v) is 13.0. The molecule has 0 aliphatic carbocycles. The molecule has 1 rings (SSSR count). The van der Waals surface area contributed by atoms with Crippen LogP contribution in [0.3, 0.4) is 0 Å². The van der Waals surface area contributed by atoms with Crippen LogP contribution < -0.4 is 0 Å². The Labute approximate surface area is 286 Å².